The lowest BCUT2D eigenvalue weighted by Crippen LogP contribution is -2.27. The minimum absolute atomic E-state index is 0.00924. The van der Waals surface area contributed by atoms with Gasteiger partial charge in [0.2, 0.25) is 10.0 Å². The summed E-state index contributed by atoms with van der Waals surface area (Å²) in [5.74, 6) is 1.24. The van der Waals surface area contributed by atoms with Gasteiger partial charge in [-0.15, -0.1) is 0 Å². The lowest BCUT2D eigenvalue weighted by Gasteiger charge is -2.18. The van der Waals surface area contributed by atoms with Crippen molar-refractivity contribution in [2.24, 2.45) is 0 Å². The van der Waals surface area contributed by atoms with E-state index in [-0.39, 0.29) is 27.2 Å². The smallest absolute Gasteiger partial charge is 0.246 e. The highest BCUT2D eigenvalue weighted by Gasteiger charge is 2.27. The molecule has 1 aromatic heterocycles. The first-order chi connectivity index (χ1) is 9.71. The second kappa shape index (κ2) is 5.88. The largest absolute Gasteiger partial charge is 0.465 e. The summed E-state index contributed by atoms with van der Waals surface area (Å²) in [7, 11) is -2.42. The molecule has 0 aliphatic rings. The maximum absolute atomic E-state index is 12.6. The number of nitrogens with zero attached hydrogens (tertiary/aromatic N) is 1. The van der Waals surface area contributed by atoms with Crippen molar-refractivity contribution in [2.45, 2.75) is 18.4 Å². The van der Waals surface area contributed by atoms with E-state index >= 15 is 0 Å². The molecule has 0 fully saturated rings. The number of benzene rings is 1. The molecule has 0 unspecified atom stereocenters. The van der Waals surface area contributed by atoms with Crippen LogP contribution >= 0.6 is 23.2 Å². The first kappa shape index (κ1) is 16.2. The molecule has 1 aromatic carbocycles. The molecule has 0 aliphatic heterocycles. The van der Waals surface area contributed by atoms with E-state index in [0.717, 1.165) is 4.31 Å². The van der Waals surface area contributed by atoms with Gasteiger partial charge in [0.05, 0.1) is 17.3 Å². The van der Waals surface area contributed by atoms with Crippen molar-refractivity contribution in [2.75, 3.05) is 12.8 Å². The first-order valence-corrected chi connectivity index (χ1v) is 8.17. The molecule has 0 saturated heterocycles. The van der Waals surface area contributed by atoms with Crippen LogP contribution in [-0.4, -0.2) is 19.8 Å². The van der Waals surface area contributed by atoms with Gasteiger partial charge in [0.15, 0.2) is 0 Å². The average Bonchev–Trinajstić information content (AvgIpc) is 2.72. The summed E-state index contributed by atoms with van der Waals surface area (Å²) in [6.07, 6.45) is 0. The molecule has 2 aromatic rings. The number of rotatable bonds is 4. The fourth-order valence-electron chi connectivity index (χ4n) is 1.88. The van der Waals surface area contributed by atoms with Crippen LogP contribution in [0.2, 0.25) is 10.0 Å². The van der Waals surface area contributed by atoms with E-state index in [9.17, 15) is 8.42 Å². The van der Waals surface area contributed by atoms with Gasteiger partial charge >= 0.3 is 0 Å². The fraction of sp³-hybridized carbons (Fsp3) is 0.231. The van der Waals surface area contributed by atoms with E-state index in [4.69, 9.17) is 33.4 Å². The number of hydrogen-bond acceptors (Lipinski definition) is 4. The van der Waals surface area contributed by atoms with Gasteiger partial charge in [-0.3, -0.25) is 0 Å². The van der Waals surface area contributed by atoms with Gasteiger partial charge in [-0.1, -0.05) is 23.2 Å². The summed E-state index contributed by atoms with van der Waals surface area (Å²) < 4.78 is 31.6. The summed E-state index contributed by atoms with van der Waals surface area (Å²) >= 11 is 11.8. The van der Waals surface area contributed by atoms with E-state index in [0.29, 0.717) is 11.5 Å². The molecule has 0 atom stereocenters. The third kappa shape index (κ3) is 3.35. The SMILES string of the molecule is Cc1ccc(CN(C)S(=O)(=O)c2c(N)cc(Cl)cc2Cl)o1. The number of anilines is 1. The van der Waals surface area contributed by atoms with E-state index < -0.39 is 10.0 Å². The Morgan fingerprint density at radius 2 is 1.95 bits per heavy atom. The van der Waals surface area contributed by atoms with Gasteiger partial charge < -0.3 is 10.2 Å². The number of hydrogen-bond donors (Lipinski definition) is 1. The van der Waals surface area contributed by atoms with E-state index in [1.54, 1.807) is 19.1 Å². The number of sulfonamides is 1. The van der Waals surface area contributed by atoms with Crippen molar-refractivity contribution >= 4 is 38.9 Å². The summed E-state index contributed by atoms with van der Waals surface area (Å²) in [6, 6.07) is 6.18. The minimum Gasteiger partial charge on any atom is -0.465 e. The Bertz CT molecular complexity index is 748. The van der Waals surface area contributed by atoms with Gasteiger partial charge in [-0.25, -0.2) is 8.42 Å². The number of nitrogen functional groups attached to an aromatic ring is 1. The van der Waals surface area contributed by atoms with Gasteiger partial charge in [0.1, 0.15) is 16.4 Å². The van der Waals surface area contributed by atoms with Crippen LogP contribution in [0.1, 0.15) is 11.5 Å². The van der Waals surface area contributed by atoms with Crippen LogP contribution < -0.4 is 5.73 Å². The quantitative estimate of drug-likeness (QED) is 0.860. The summed E-state index contributed by atoms with van der Waals surface area (Å²) in [5, 5.41) is 0.267. The zero-order chi connectivity index (χ0) is 15.8. The molecule has 1 heterocycles. The number of nitrogens with two attached hydrogens (primary N) is 1. The fourth-order valence-corrected chi connectivity index (χ4v) is 3.96. The second-order valence-corrected chi connectivity index (χ2v) is 7.40. The Morgan fingerprint density at radius 1 is 1.29 bits per heavy atom. The Hall–Kier alpha value is -1.21. The molecule has 114 valence electrons. The molecular formula is C13H14Cl2N2O3S. The molecule has 2 rings (SSSR count). The normalized spacial score (nSPS) is 12.0. The summed E-state index contributed by atoms with van der Waals surface area (Å²) in [5.41, 5.74) is 5.75. The van der Waals surface area contributed by atoms with Gasteiger partial charge in [-0.2, -0.15) is 4.31 Å². The van der Waals surface area contributed by atoms with Gasteiger partial charge in [0.25, 0.3) is 0 Å². The van der Waals surface area contributed by atoms with Crippen molar-refractivity contribution < 1.29 is 12.8 Å². The topological polar surface area (TPSA) is 76.5 Å². The molecule has 0 saturated carbocycles. The summed E-state index contributed by atoms with van der Waals surface area (Å²) in [6.45, 7) is 1.86. The number of aryl methyl sites for hydroxylation is 1. The zero-order valence-electron chi connectivity index (χ0n) is 11.4. The molecule has 0 amide bonds. The molecule has 5 nitrogen and oxygen atoms in total. The van der Waals surface area contributed by atoms with Crippen LogP contribution in [0.5, 0.6) is 0 Å². The highest BCUT2D eigenvalue weighted by molar-refractivity contribution is 7.89. The molecular weight excluding hydrogens is 335 g/mol. The monoisotopic (exact) mass is 348 g/mol. The molecule has 0 bridgehead atoms. The van der Waals surface area contributed by atoms with Crippen LogP contribution in [0.4, 0.5) is 5.69 Å². The highest BCUT2D eigenvalue weighted by atomic mass is 35.5. The summed E-state index contributed by atoms with van der Waals surface area (Å²) in [4.78, 5) is -0.153. The highest BCUT2D eigenvalue weighted by Crippen LogP contribution is 2.33. The molecule has 8 heteroatoms. The predicted octanol–water partition coefficient (Wildman–Crippen LogP) is 3.30. The Balaban J connectivity index is 2.38. The van der Waals surface area contributed by atoms with Crippen LogP contribution in [0.25, 0.3) is 0 Å². The van der Waals surface area contributed by atoms with E-state index in [1.807, 2.05) is 0 Å². The number of furan rings is 1. The molecule has 0 aliphatic carbocycles. The Kier molecular flexibility index (Phi) is 4.53. The van der Waals surface area contributed by atoms with Crippen molar-refractivity contribution in [1.29, 1.82) is 0 Å². The number of halogens is 2. The first-order valence-electron chi connectivity index (χ1n) is 5.98. The van der Waals surface area contributed by atoms with E-state index in [1.165, 1.54) is 19.2 Å². The predicted molar refractivity (Wildman–Crippen MR) is 83.0 cm³/mol. The lowest BCUT2D eigenvalue weighted by molar-refractivity contribution is 0.397. The van der Waals surface area contributed by atoms with Crippen LogP contribution in [0.3, 0.4) is 0 Å². The van der Waals surface area contributed by atoms with Crippen molar-refractivity contribution in [3.8, 4) is 0 Å². The van der Waals surface area contributed by atoms with Crippen LogP contribution in [0.15, 0.2) is 33.6 Å². The third-order valence-corrected chi connectivity index (χ3v) is 5.43. The van der Waals surface area contributed by atoms with Crippen LogP contribution in [0, 0.1) is 6.92 Å². The molecule has 0 spiro atoms. The standard InChI is InChI=1S/C13H14Cl2N2O3S/c1-8-3-4-10(20-8)7-17(2)21(18,19)13-11(15)5-9(14)6-12(13)16/h3-6H,7,16H2,1-2H3. The molecule has 21 heavy (non-hydrogen) atoms. The van der Waals surface area contributed by atoms with Crippen LogP contribution in [-0.2, 0) is 16.6 Å². The van der Waals surface area contributed by atoms with Crippen molar-refractivity contribution in [3.63, 3.8) is 0 Å². The minimum atomic E-state index is -3.85. The lowest BCUT2D eigenvalue weighted by atomic mass is 10.3. The Labute approximate surface area is 133 Å². The van der Waals surface area contributed by atoms with E-state index in [2.05, 4.69) is 0 Å². The molecule has 2 N–H and O–H groups in total. The second-order valence-electron chi connectivity index (χ2n) is 4.58. The maximum Gasteiger partial charge on any atom is 0.246 e. The van der Waals surface area contributed by atoms with Crippen molar-refractivity contribution in [1.82, 2.24) is 4.31 Å². The molecule has 0 radical (unpaired) electrons. The third-order valence-electron chi connectivity index (χ3n) is 2.88. The van der Waals surface area contributed by atoms with Gasteiger partial charge in [-0.05, 0) is 31.2 Å². The maximum atomic E-state index is 12.6. The van der Waals surface area contributed by atoms with Gasteiger partial charge in [0, 0.05) is 12.1 Å². The zero-order valence-corrected chi connectivity index (χ0v) is 13.8. The average molecular weight is 349 g/mol. The Morgan fingerprint density at radius 3 is 2.48 bits per heavy atom. The van der Waals surface area contributed by atoms with Crippen molar-refractivity contribution in [3.05, 3.63) is 45.8 Å².